The van der Waals surface area contributed by atoms with Crippen LogP contribution in [0.15, 0.2) is 53.0 Å². The number of urea groups is 1. The summed E-state index contributed by atoms with van der Waals surface area (Å²) in [7, 11) is 0. The zero-order valence-corrected chi connectivity index (χ0v) is 17.9. The predicted octanol–water partition coefficient (Wildman–Crippen LogP) is 2.87. The fourth-order valence-electron chi connectivity index (χ4n) is 3.72. The molecule has 7 nitrogen and oxygen atoms in total. The Morgan fingerprint density at radius 1 is 0.933 bits per heavy atom. The number of benzene rings is 2. The van der Waals surface area contributed by atoms with Gasteiger partial charge in [-0.1, -0.05) is 28.1 Å². The molecule has 3 amide bonds. The van der Waals surface area contributed by atoms with Crippen LogP contribution in [0.3, 0.4) is 0 Å². The molecule has 4 rings (SSSR count). The molecule has 2 aliphatic heterocycles. The number of hydrogen-bond acceptors (Lipinski definition) is 4. The van der Waals surface area contributed by atoms with Crippen LogP contribution in [0.5, 0.6) is 0 Å². The minimum atomic E-state index is -0.350. The third-order valence-electron chi connectivity index (χ3n) is 5.45. The van der Waals surface area contributed by atoms with E-state index < -0.39 is 0 Å². The summed E-state index contributed by atoms with van der Waals surface area (Å²) < 4.78 is 14.0. The molecular formula is C21H23BrFN5O2. The largest absolute Gasteiger partial charge is 0.338 e. The molecule has 0 bridgehead atoms. The van der Waals surface area contributed by atoms with Gasteiger partial charge in [0.15, 0.2) is 0 Å². The van der Waals surface area contributed by atoms with Crippen LogP contribution in [0.1, 0.15) is 18.0 Å². The number of hydrazine groups is 1. The summed E-state index contributed by atoms with van der Waals surface area (Å²) in [6, 6.07) is 13.2. The van der Waals surface area contributed by atoms with E-state index in [4.69, 9.17) is 0 Å². The van der Waals surface area contributed by atoms with Crippen molar-refractivity contribution in [2.75, 3.05) is 31.5 Å². The lowest BCUT2D eigenvalue weighted by Gasteiger charge is -2.35. The van der Waals surface area contributed by atoms with E-state index in [9.17, 15) is 14.0 Å². The lowest BCUT2D eigenvalue weighted by atomic mass is 10.0. The number of piperazine rings is 1. The summed E-state index contributed by atoms with van der Waals surface area (Å²) in [5.74, 6) is -0.307. The average Bonchev–Trinajstić information content (AvgIpc) is 3.26. The van der Waals surface area contributed by atoms with Gasteiger partial charge in [-0.25, -0.2) is 20.0 Å². The van der Waals surface area contributed by atoms with E-state index in [1.54, 1.807) is 9.80 Å². The van der Waals surface area contributed by atoms with Crippen molar-refractivity contribution >= 4 is 33.6 Å². The Morgan fingerprint density at radius 2 is 1.57 bits per heavy atom. The molecule has 0 radical (unpaired) electrons. The number of amides is 3. The lowest BCUT2D eigenvalue weighted by molar-refractivity contribution is -0.134. The molecule has 0 spiro atoms. The van der Waals surface area contributed by atoms with Crippen LogP contribution in [0.25, 0.3) is 0 Å². The number of halogens is 2. The molecule has 0 aromatic heterocycles. The van der Waals surface area contributed by atoms with Crippen molar-refractivity contribution in [3.63, 3.8) is 0 Å². The Bertz CT molecular complexity index is 901. The topological polar surface area (TPSA) is 76.7 Å². The zero-order valence-electron chi connectivity index (χ0n) is 16.3. The molecule has 2 heterocycles. The molecule has 2 aromatic rings. The molecule has 3 N–H and O–H groups in total. The quantitative estimate of drug-likeness (QED) is 0.637. The second-order valence-corrected chi connectivity index (χ2v) is 8.35. The Balaban J connectivity index is 1.26. The number of nitrogens with one attached hydrogen (secondary N) is 3. The van der Waals surface area contributed by atoms with Crippen LogP contribution in [0, 0.1) is 5.82 Å². The van der Waals surface area contributed by atoms with Crippen LogP contribution in [-0.4, -0.2) is 54.0 Å². The first-order chi connectivity index (χ1) is 14.5. The van der Waals surface area contributed by atoms with Crippen molar-refractivity contribution in [1.82, 2.24) is 20.7 Å². The summed E-state index contributed by atoms with van der Waals surface area (Å²) in [5.41, 5.74) is 7.99. The summed E-state index contributed by atoms with van der Waals surface area (Å²) >= 11 is 3.43. The van der Waals surface area contributed by atoms with E-state index in [0.717, 1.165) is 10.0 Å². The first-order valence-corrected chi connectivity index (χ1v) is 10.7. The van der Waals surface area contributed by atoms with Gasteiger partial charge < -0.3 is 15.1 Å². The van der Waals surface area contributed by atoms with E-state index in [0.29, 0.717) is 38.3 Å². The minimum Gasteiger partial charge on any atom is -0.338 e. The summed E-state index contributed by atoms with van der Waals surface area (Å²) in [5, 5.41) is 2.76. The van der Waals surface area contributed by atoms with Crippen LogP contribution in [0.2, 0.25) is 0 Å². The van der Waals surface area contributed by atoms with Crippen LogP contribution < -0.4 is 16.2 Å². The number of rotatable bonds is 3. The molecule has 0 aliphatic carbocycles. The van der Waals surface area contributed by atoms with Crippen molar-refractivity contribution in [2.45, 2.75) is 18.5 Å². The molecule has 2 aromatic carbocycles. The van der Waals surface area contributed by atoms with E-state index in [1.807, 2.05) is 24.3 Å². The van der Waals surface area contributed by atoms with E-state index in [2.05, 4.69) is 32.1 Å². The highest BCUT2D eigenvalue weighted by atomic mass is 79.9. The maximum absolute atomic E-state index is 13.0. The van der Waals surface area contributed by atoms with Gasteiger partial charge in [-0.05, 0) is 48.4 Å². The first-order valence-electron chi connectivity index (χ1n) is 9.86. The number of carbonyl (C=O) groups excluding carboxylic acids is 2. The summed E-state index contributed by atoms with van der Waals surface area (Å²) in [6.45, 7) is 1.87. The molecule has 2 saturated heterocycles. The highest BCUT2D eigenvalue weighted by Gasteiger charge is 2.34. The normalized spacial score (nSPS) is 21.5. The van der Waals surface area contributed by atoms with Gasteiger partial charge in [0.2, 0.25) is 5.91 Å². The average molecular weight is 476 g/mol. The van der Waals surface area contributed by atoms with E-state index in [-0.39, 0.29) is 29.8 Å². The fourth-order valence-corrected chi connectivity index (χ4v) is 3.98. The van der Waals surface area contributed by atoms with Gasteiger partial charge in [-0.3, -0.25) is 4.79 Å². The van der Waals surface area contributed by atoms with Crippen molar-refractivity contribution in [1.29, 1.82) is 0 Å². The molecular weight excluding hydrogens is 453 g/mol. The van der Waals surface area contributed by atoms with E-state index >= 15 is 0 Å². The van der Waals surface area contributed by atoms with Gasteiger partial charge in [0.25, 0.3) is 0 Å². The predicted molar refractivity (Wildman–Crippen MR) is 115 cm³/mol. The second-order valence-electron chi connectivity index (χ2n) is 7.43. The van der Waals surface area contributed by atoms with Gasteiger partial charge >= 0.3 is 6.03 Å². The number of nitrogens with zero attached hydrogens (tertiary/aromatic N) is 2. The van der Waals surface area contributed by atoms with Crippen LogP contribution >= 0.6 is 15.9 Å². The van der Waals surface area contributed by atoms with Gasteiger partial charge in [0.05, 0.1) is 0 Å². The van der Waals surface area contributed by atoms with Crippen molar-refractivity contribution in [3.8, 4) is 0 Å². The standard InChI is InChI=1S/C21H23BrFN5O2/c22-15-3-1-14(2-4-15)18-13-19(26-25-18)20(29)27-9-11-28(12-10-27)21(30)24-17-7-5-16(23)6-8-17/h1-8,18-19,25-26H,9-13H2,(H,24,30). The number of hydrogen-bond donors (Lipinski definition) is 3. The van der Waals surface area contributed by atoms with Crippen molar-refractivity contribution < 1.29 is 14.0 Å². The summed E-state index contributed by atoms with van der Waals surface area (Å²) in [6.07, 6.45) is 0.672. The number of anilines is 1. The van der Waals surface area contributed by atoms with Gasteiger partial charge in [0, 0.05) is 42.4 Å². The second kappa shape index (κ2) is 9.11. The Kier molecular flexibility index (Phi) is 6.31. The highest BCUT2D eigenvalue weighted by Crippen LogP contribution is 2.25. The van der Waals surface area contributed by atoms with Gasteiger partial charge in [0.1, 0.15) is 11.9 Å². The van der Waals surface area contributed by atoms with E-state index in [1.165, 1.54) is 24.3 Å². The molecule has 30 heavy (non-hydrogen) atoms. The molecule has 2 aliphatic rings. The monoisotopic (exact) mass is 475 g/mol. The molecule has 2 atom stereocenters. The minimum absolute atomic E-state index is 0.0423. The maximum atomic E-state index is 13.0. The lowest BCUT2D eigenvalue weighted by Crippen LogP contribution is -2.55. The van der Waals surface area contributed by atoms with Crippen LogP contribution in [0.4, 0.5) is 14.9 Å². The van der Waals surface area contributed by atoms with Crippen molar-refractivity contribution in [3.05, 3.63) is 64.4 Å². The third-order valence-corrected chi connectivity index (χ3v) is 5.98. The van der Waals surface area contributed by atoms with Crippen LogP contribution in [-0.2, 0) is 4.79 Å². The van der Waals surface area contributed by atoms with Crippen molar-refractivity contribution in [2.24, 2.45) is 0 Å². The highest BCUT2D eigenvalue weighted by molar-refractivity contribution is 9.10. The molecule has 158 valence electrons. The van der Waals surface area contributed by atoms with Gasteiger partial charge in [-0.15, -0.1) is 0 Å². The zero-order chi connectivity index (χ0) is 21.1. The van der Waals surface area contributed by atoms with Gasteiger partial charge in [-0.2, -0.15) is 0 Å². The smallest absolute Gasteiger partial charge is 0.321 e. The summed E-state index contributed by atoms with van der Waals surface area (Å²) in [4.78, 5) is 28.8. The molecule has 2 fully saturated rings. The fraction of sp³-hybridized carbons (Fsp3) is 0.333. The molecule has 9 heteroatoms. The molecule has 0 saturated carbocycles. The molecule has 2 unspecified atom stereocenters. The maximum Gasteiger partial charge on any atom is 0.321 e. The SMILES string of the molecule is O=C(Nc1ccc(F)cc1)N1CCN(C(=O)C2CC(c3ccc(Br)cc3)NN2)CC1. The third kappa shape index (κ3) is 4.80. The Labute approximate surface area is 182 Å². The Morgan fingerprint density at radius 3 is 2.23 bits per heavy atom. The first kappa shape index (κ1) is 20.8. The Hall–Kier alpha value is -2.49. The number of carbonyl (C=O) groups is 2.